The van der Waals surface area contributed by atoms with E-state index in [4.69, 9.17) is 4.74 Å². The summed E-state index contributed by atoms with van der Waals surface area (Å²) in [7, 11) is 0. The monoisotopic (exact) mass is 260 g/mol. The van der Waals surface area contributed by atoms with Crippen LogP contribution < -0.4 is 15.4 Å². The number of nitrogens with one attached hydrogen (secondary N) is 2. The summed E-state index contributed by atoms with van der Waals surface area (Å²) in [4.78, 5) is 0. The molecule has 0 aliphatic carbocycles. The van der Waals surface area contributed by atoms with E-state index < -0.39 is 0 Å². The van der Waals surface area contributed by atoms with Crippen LogP contribution in [0.5, 0.6) is 5.75 Å². The quantitative estimate of drug-likeness (QED) is 0.873. The van der Waals surface area contributed by atoms with Crippen molar-refractivity contribution in [2.75, 3.05) is 25.0 Å². The van der Waals surface area contributed by atoms with Gasteiger partial charge in [0, 0.05) is 18.3 Å². The Hall–Kier alpha value is -1.22. The van der Waals surface area contributed by atoms with Crippen LogP contribution in [0.15, 0.2) is 18.2 Å². The van der Waals surface area contributed by atoms with Crippen molar-refractivity contribution in [3.05, 3.63) is 23.8 Å². The van der Waals surface area contributed by atoms with Crippen molar-refractivity contribution < 1.29 is 4.74 Å². The number of hydrogen-bond donors (Lipinski definition) is 2. The van der Waals surface area contributed by atoms with E-state index in [2.05, 4.69) is 28.8 Å². The Bertz CT molecular complexity index is 413. The SMILES string of the molecule is c1cc2c(cc1NCCC1CCCCN1)CCCO2. The molecule has 3 heteroatoms. The summed E-state index contributed by atoms with van der Waals surface area (Å²) < 4.78 is 5.64. The lowest BCUT2D eigenvalue weighted by molar-refractivity contribution is 0.288. The second-order valence-electron chi connectivity index (χ2n) is 5.64. The molecule has 1 aromatic carbocycles. The Morgan fingerprint density at radius 1 is 1.26 bits per heavy atom. The molecule has 2 aliphatic heterocycles. The summed E-state index contributed by atoms with van der Waals surface area (Å²) in [5.74, 6) is 1.07. The van der Waals surface area contributed by atoms with Crippen LogP contribution in [0.3, 0.4) is 0 Å². The Morgan fingerprint density at radius 2 is 2.26 bits per heavy atom. The van der Waals surface area contributed by atoms with Gasteiger partial charge >= 0.3 is 0 Å². The number of piperidine rings is 1. The average molecular weight is 260 g/mol. The van der Waals surface area contributed by atoms with Crippen LogP contribution >= 0.6 is 0 Å². The molecule has 0 radical (unpaired) electrons. The lowest BCUT2D eigenvalue weighted by atomic mass is 10.0. The molecule has 0 spiro atoms. The first-order valence-corrected chi connectivity index (χ1v) is 7.65. The molecule has 1 fully saturated rings. The lowest BCUT2D eigenvalue weighted by Crippen LogP contribution is -2.35. The third-order valence-corrected chi connectivity index (χ3v) is 4.14. The van der Waals surface area contributed by atoms with Gasteiger partial charge in [-0.15, -0.1) is 0 Å². The molecule has 19 heavy (non-hydrogen) atoms. The van der Waals surface area contributed by atoms with E-state index in [1.165, 1.54) is 43.5 Å². The van der Waals surface area contributed by atoms with E-state index in [-0.39, 0.29) is 0 Å². The number of rotatable bonds is 4. The fourth-order valence-electron chi connectivity index (χ4n) is 3.03. The number of ether oxygens (including phenoxy) is 1. The summed E-state index contributed by atoms with van der Waals surface area (Å²) in [5, 5.41) is 7.14. The molecule has 0 aromatic heterocycles. The molecule has 0 amide bonds. The van der Waals surface area contributed by atoms with Gasteiger partial charge in [0.05, 0.1) is 6.61 Å². The van der Waals surface area contributed by atoms with Gasteiger partial charge in [-0.25, -0.2) is 0 Å². The molecule has 1 saturated heterocycles. The topological polar surface area (TPSA) is 33.3 Å². The van der Waals surface area contributed by atoms with Crippen molar-refractivity contribution in [3.63, 3.8) is 0 Å². The third kappa shape index (κ3) is 3.41. The van der Waals surface area contributed by atoms with Crippen LogP contribution in [0, 0.1) is 0 Å². The number of anilines is 1. The van der Waals surface area contributed by atoms with Crippen molar-refractivity contribution in [1.82, 2.24) is 5.32 Å². The number of aryl methyl sites for hydroxylation is 1. The first kappa shape index (κ1) is 12.8. The standard InChI is InChI=1S/C16H24N2O/c1-2-9-17-14(5-1)8-10-18-15-6-7-16-13(12-15)4-3-11-19-16/h6-7,12,14,17-18H,1-5,8-11H2. The third-order valence-electron chi connectivity index (χ3n) is 4.14. The highest BCUT2D eigenvalue weighted by atomic mass is 16.5. The molecule has 104 valence electrons. The van der Waals surface area contributed by atoms with Gasteiger partial charge in [-0.3, -0.25) is 0 Å². The molecule has 1 atom stereocenters. The van der Waals surface area contributed by atoms with Crippen LogP contribution in [0.2, 0.25) is 0 Å². The first-order valence-electron chi connectivity index (χ1n) is 7.65. The largest absolute Gasteiger partial charge is 0.493 e. The maximum absolute atomic E-state index is 5.64. The zero-order valence-electron chi connectivity index (χ0n) is 11.6. The van der Waals surface area contributed by atoms with Gasteiger partial charge in [-0.05, 0) is 62.4 Å². The zero-order chi connectivity index (χ0) is 12.9. The molecule has 1 unspecified atom stereocenters. The van der Waals surface area contributed by atoms with E-state index >= 15 is 0 Å². The molecule has 2 N–H and O–H groups in total. The fourth-order valence-corrected chi connectivity index (χ4v) is 3.03. The molecular formula is C16H24N2O. The zero-order valence-corrected chi connectivity index (χ0v) is 11.6. The number of hydrogen-bond acceptors (Lipinski definition) is 3. The molecule has 1 aromatic rings. The molecular weight excluding hydrogens is 236 g/mol. The summed E-state index contributed by atoms with van der Waals surface area (Å²) in [5.41, 5.74) is 2.59. The second kappa shape index (κ2) is 6.29. The van der Waals surface area contributed by atoms with Crippen molar-refractivity contribution in [3.8, 4) is 5.75 Å². The molecule has 3 rings (SSSR count). The highest BCUT2D eigenvalue weighted by molar-refractivity contribution is 5.51. The van der Waals surface area contributed by atoms with Crippen LogP contribution in [0.1, 0.15) is 37.7 Å². The highest BCUT2D eigenvalue weighted by Crippen LogP contribution is 2.27. The van der Waals surface area contributed by atoms with Gasteiger partial charge in [0.25, 0.3) is 0 Å². The fraction of sp³-hybridized carbons (Fsp3) is 0.625. The Balaban J connectivity index is 1.49. The van der Waals surface area contributed by atoms with Gasteiger partial charge in [0.1, 0.15) is 5.75 Å². The van der Waals surface area contributed by atoms with Crippen LogP contribution in [-0.4, -0.2) is 25.7 Å². The molecule has 0 bridgehead atoms. The number of fused-ring (bicyclic) bond motifs is 1. The minimum Gasteiger partial charge on any atom is -0.493 e. The minimum atomic E-state index is 0.710. The van der Waals surface area contributed by atoms with Crippen LogP contribution in [0.4, 0.5) is 5.69 Å². The highest BCUT2D eigenvalue weighted by Gasteiger charge is 2.12. The molecule has 2 aliphatic rings. The van der Waals surface area contributed by atoms with Gasteiger partial charge in [-0.2, -0.15) is 0 Å². The van der Waals surface area contributed by atoms with Gasteiger partial charge in [0.2, 0.25) is 0 Å². The predicted octanol–water partition coefficient (Wildman–Crippen LogP) is 2.96. The Labute approximate surface area is 115 Å². The first-order chi connectivity index (χ1) is 9.42. The summed E-state index contributed by atoms with van der Waals surface area (Å²) in [6, 6.07) is 7.21. The van der Waals surface area contributed by atoms with Crippen molar-refractivity contribution in [2.24, 2.45) is 0 Å². The van der Waals surface area contributed by atoms with E-state index in [1.807, 2.05) is 0 Å². The van der Waals surface area contributed by atoms with Crippen molar-refractivity contribution >= 4 is 5.69 Å². The van der Waals surface area contributed by atoms with Crippen LogP contribution in [0.25, 0.3) is 0 Å². The van der Waals surface area contributed by atoms with Crippen molar-refractivity contribution in [1.29, 1.82) is 0 Å². The van der Waals surface area contributed by atoms with E-state index in [9.17, 15) is 0 Å². The van der Waals surface area contributed by atoms with E-state index in [1.54, 1.807) is 0 Å². The van der Waals surface area contributed by atoms with Gasteiger partial charge < -0.3 is 15.4 Å². The normalized spacial score (nSPS) is 22.4. The van der Waals surface area contributed by atoms with Crippen molar-refractivity contribution in [2.45, 2.75) is 44.6 Å². The lowest BCUT2D eigenvalue weighted by Gasteiger charge is -2.24. The second-order valence-corrected chi connectivity index (χ2v) is 5.64. The maximum Gasteiger partial charge on any atom is 0.122 e. The Kier molecular flexibility index (Phi) is 4.23. The maximum atomic E-state index is 5.64. The summed E-state index contributed by atoms with van der Waals surface area (Å²) >= 11 is 0. The van der Waals surface area contributed by atoms with E-state index in [0.717, 1.165) is 31.7 Å². The van der Waals surface area contributed by atoms with E-state index in [0.29, 0.717) is 6.04 Å². The van der Waals surface area contributed by atoms with Gasteiger partial charge in [0.15, 0.2) is 0 Å². The predicted molar refractivity (Wildman–Crippen MR) is 79.0 cm³/mol. The van der Waals surface area contributed by atoms with Crippen LogP contribution in [-0.2, 0) is 6.42 Å². The summed E-state index contributed by atoms with van der Waals surface area (Å²) in [6.45, 7) is 3.12. The summed E-state index contributed by atoms with van der Waals surface area (Å²) in [6.07, 6.45) is 7.56. The Morgan fingerprint density at radius 3 is 3.16 bits per heavy atom. The molecule has 0 saturated carbocycles. The molecule has 3 nitrogen and oxygen atoms in total. The van der Waals surface area contributed by atoms with Gasteiger partial charge in [-0.1, -0.05) is 6.42 Å². The minimum absolute atomic E-state index is 0.710. The average Bonchev–Trinajstić information content (AvgIpc) is 2.48. The molecule has 2 heterocycles. The smallest absolute Gasteiger partial charge is 0.122 e. The number of benzene rings is 1.